The molecule has 1 aliphatic heterocycles. The molecule has 1 amide bonds. The molecule has 1 aliphatic rings. The van der Waals surface area contributed by atoms with Crippen molar-refractivity contribution < 1.29 is 31.5 Å². The lowest BCUT2D eigenvalue weighted by Gasteiger charge is -2.17. The first kappa shape index (κ1) is 25.0. The molecule has 2 aromatic rings. The van der Waals surface area contributed by atoms with Gasteiger partial charge in [-0.3, -0.25) is 9.59 Å². The van der Waals surface area contributed by atoms with Crippen LogP contribution in [0.1, 0.15) is 51.6 Å². The molecule has 0 aromatic heterocycles. The van der Waals surface area contributed by atoms with E-state index in [1.807, 2.05) is 0 Å². The molecule has 176 valence electrons. The normalized spacial score (nSPS) is 14.0. The molecule has 0 atom stereocenters. The van der Waals surface area contributed by atoms with E-state index in [1.165, 1.54) is 6.07 Å². The Bertz CT molecular complexity index is 1380. The molecule has 0 radical (unpaired) electrons. The molecule has 7 nitrogen and oxygen atoms in total. The van der Waals surface area contributed by atoms with Gasteiger partial charge in [0.2, 0.25) is 0 Å². The third-order valence-electron chi connectivity index (χ3n) is 5.19. The number of hydrogen-bond acceptors (Lipinski definition) is 6. The molecule has 0 saturated carbocycles. The van der Waals surface area contributed by atoms with Crippen LogP contribution in [0.3, 0.4) is 0 Å². The number of nitrogens with one attached hydrogen (secondary N) is 1. The second-order valence-electron chi connectivity index (χ2n) is 7.73. The van der Waals surface area contributed by atoms with Crippen LogP contribution in [0.25, 0.3) is 0 Å². The Hall–Kier alpha value is -3.60. The van der Waals surface area contributed by atoms with E-state index in [0.29, 0.717) is 26.1 Å². The van der Waals surface area contributed by atoms with Crippen molar-refractivity contribution in [3.8, 4) is 17.9 Å². The summed E-state index contributed by atoms with van der Waals surface area (Å²) in [5, 5.41) is 11.3. The summed E-state index contributed by atoms with van der Waals surface area (Å²) in [6.07, 6.45) is 2.11. The fourth-order valence-corrected chi connectivity index (χ4v) is 4.35. The van der Waals surface area contributed by atoms with E-state index in [0.717, 1.165) is 31.4 Å². The fraction of sp³-hybridized carbons (Fsp3) is 0.292. The van der Waals surface area contributed by atoms with Crippen molar-refractivity contribution in [2.24, 2.45) is 5.92 Å². The maximum atomic E-state index is 15.2. The minimum absolute atomic E-state index is 0.000405. The van der Waals surface area contributed by atoms with Crippen molar-refractivity contribution in [1.82, 2.24) is 0 Å². The molecule has 0 aliphatic carbocycles. The second-order valence-corrected chi connectivity index (χ2v) is 9.72. The summed E-state index contributed by atoms with van der Waals surface area (Å²) in [6.45, 7) is 2.03. The average Bonchev–Trinajstić information content (AvgIpc) is 2.78. The van der Waals surface area contributed by atoms with Gasteiger partial charge in [0.15, 0.2) is 21.4 Å². The number of benzene rings is 2. The Labute approximate surface area is 195 Å². The van der Waals surface area contributed by atoms with E-state index in [1.54, 1.807) is 6.07 Å². The molecule has 10 heteroatoms. The quantitative estimate of drug-likeness (QED) is 0.523. The van der Waals surface area contributed by atoms with Gasteiger partial charge in [0.1, 0.15) is 5.82 Å². The van der Waals surface area contributed by atoms with Crippen LogP contribution in [-0.4, -0.2) is 39.6 Å². The average molecular weight is 486 g/mol. The standard InChI is InChI=1S/C24H20F2N2O5S/c1-14(29)22-20(12-19(25)17(23(22)26)5-3-15-7-9-33-10-8-15)28-24(30)18-11-16(13-27)4-6-21(18)34(2,31)32/h4,6,11-12,15H,7-10H2,1-2H3,(H,28,30). The number of hydrogen-bond donors (Lipinski definition) is 1. The summed E-state index contributed by atoms with van der Waals surface area (Å²) in [5.41, 5.74) is -2.08. The van der Waals surface area contributed by atoms with E-state index in [2.05, 4.69) is 17.2 Å². The third kappa shape index (κ3) is 5.48. The molecule has 0 bridgehead atoms. The van der Waals surface area contributed by atoms with Crippen LogP contribution in [0, 0.1) is 40.7 Å². The highest BCUT2D eigenvalue weighted by Gasteiger charge is 2.25. The summed E-state index contributed by atoms with van der Waals surface area (Å²) in [5.74, 6) is 0.999. The smallest absolute Gasteiger partial charge is 0.257 e. The monoisotopic (exact) mass is 486 g/mol. The molecule has 1 heterocycles. The number of nitriles is 1. The zero-order valence-corrected chi connectivity index (χ0v) is 19.2. The molecule has 1 fully saturated rings. The van der Waals surface area contributed by atoms with Crippen molar-refractivity contribution in [1.29, 1.82) is 5.26 Å². The highest BCUT2D eigenvalue weighted by atomic mass is 32.2. The van der Waals surface area contributed by atoms with Crippen LogP contribution in [0.4, 0.5) is 14.5 Å². The Kier molecular flexibility index (Phi) is 7.45. The highest BCUT2D eigenvalue weighted by Crippen LogP contribution is 2.28. The van der Waals surface area contributed by atoms with Gasteiger partial charge >= 0.3 is 0 Å². The Morgan fingerprint density at radius 2 is 1.85 bits per heavy atom. The van der Waals surface area contributed by atoms with E-state index >= 15 is 4.39 Å². The first-order valence-corrected chi connectivity index (χ1v) is 12.1. The largest absolute Gasteiger partial charge is 0.381 e. The van der Waals surface area contributed by atoms with Crippen molar-refractivity contribution in [3.05, 3.63) is 58.2 Å². The van der Waals surface area contributed by atoms with Crippen molar-refractivity contribution in [2.75, 3.05) is 24.8 Å². The van der Waals surface area contributed by atoms with Gasteiger partial charge in [-0.1, -0.05) is 11.8 Å². The predicted octanol–water partition coefficient (Wildman–Crippen LogP) is 3.47. The lowest BCUT2D eigenvalue weighted by molar-refractivity contribution is 0.0807. The number of sulfone groups is 1. The number of amides is 1. The first-order chi connectivity index (χ1) is 16.0. The minimum Gasteiger partial charge on any atom is -0.381 e. The number of nitrogens with zero attached hydrogens (tertiary/aromatic N) is 1. The van der Waals surface area contributed by atoms with Gasteiger partial charge in [-0.05, 0) is 44.0 Å². The first-order valence-electron chi connectivity index (χ1n) is 10.2. The molecule has 1 saturated heterocycles. The van der Waals surface area contributed by atoms with E-state index in [9.17, 15) is 22.4 Å². The predicted molar refractivity (Wildman–Crippen MR) is 119 cm³/mol. The summed E-state index contributed by atoms with van der Waals surface area (Å²) < 4.78 is 59.3. The van der Waals surface area contributed by atoms with Crippen molar-refractivity contribution in [3.63, 3.8) is 0 Å². The minimum atomic E-state index is -3.88. The molecule has 3 rings (SSSR count). The van der Waals surface area contributed by atoms with Crippen molar-refractivity contribution in [2.45, 2.75) is 24.7 Å². The van der Waals surface area contributed by atoms with Gasteiger partial charge in [0, 0.05) is 25.4 Å². The summed E-state index contributed by atoms with van der Waals surface area (Å²) in [6, 6.07) is 5.90. The zero-order valence-electron chi connectivity index (χ0n) is 18.4. The van der Waals surface area contributed by atoms with Crippen LogP contribution in [-0.2, 0) is 14.6 Å². The molecular formula is C24H20F2N2O5S. The molecular weight excluding hydrogens is 466 g/mol. The lowest BCUT2D eigenvalue weighted by atomic mass is 9.99. The SMILES string of the molecule is CC(=O)c1c(NC(=O)c2cc(C#N)ccc2S(C)(=O)=O)cc(F)c(C#CC2CCOCC2)c1F. The second kappa shape index (κ2) is 10.1. The maximum absolute atomic E-state index is 15.2. The van der Waals surface area contributed by atoms with Crippen molar-refractivity contribution >= 4 is 27.2 Å². The highest BCUT2D eigenvalue weighted by molar-refractivity contribution is 7.90. The molecule has 34 heavy (non-hydrogen) atoms. The Morgan fingerprint density at radius 1 is 1.18 bits per heavy atom. The summed E-state index contributed by atoms with van der Waals surface area (Å²) in [7, 11) is -3.88. The van der Waals surface area contributed by atoms with Gasteiger partial charge in [0.05, 0.1) is 38.9 Å². The van der Waals surface area contributed by atoms with E-state index in [4.69, 9.17) is 10.00 Å². The number of anilines is 1. The maximum Gasteiger partial charge on any atom is 0.257 e. The Balaban J connectivity index is 2.05. The van der Waals surface area contributed by atoms with Gasteiger partial charge in [0.25, 0.3) is 5.91 Å². The number of rotatable bonds is 4. The molecule has 1 N–H and O–H groups in total. The zero-order chi connectivity index (χ0) is 25.0. The molecule has 0 unspecified atom stereocenters. The van der Waals surface area contributed by atoms with Gasteiger partial charge in [-0.2, -0.15) is 5.26 Å². The van der Waals surface area contributed by atoms with E-state index in [-0.39, 0.29) is 16.4 Å². The molecule has 2 aromatic carbocycles. The number of halogens is 2. The number of carbonyl (C=O) groups is 2. The summed E-state index contributed by atoms with van der Waals surface area (Å²) in [4.78, 5) is 24.7. The number of Topliss-reactive ketones (excluding diaryl/α,β-unsaturated/α-hetero) is 1. The topological polar surface area (TPSA) is 113 Å². The van der Waals surface area contributed by atoms with Gasteiger partial charge in [-0.25, -0.2) is 17.2 Å². The van der Waals surface area contributed by atoms with E-state index < -0.39 is 55.5 Å². The fourth-order valence-electron chi connectivity index (χ4n) is 3.48. The van der Waals surface area contributed by atoms with Crippen LogP contribution in [0.2, 0.25) is 0 Å². The number of ether oxygens (including phenoxy) is 1. The Morgan fingerprint density at radius 3 is 2.44 bits per heavy atom. The van der Waals surface area contributed by atoms with Gasteiger partial charge in [-0.15, -0.1) is 0 Å². The van der Waals surface area contributed by atoms with Crippen LogP contribution in [0.5, 0.6) is 0 Å². The number of ketones is 1. The summed E-state index contributed by atoms with van der Waals surface area (Å²) >= 11 is 0. The van der Waals surface area contributed by atoms with Crippen LogP contribution >= 0.6 is 0 Å². The number of carbonyl (C=O) groups excluding carboxylic acids is 2. The molecule has 0 spiro atoms. The van der Waals surface area contributed by atoms with Crippen LogP contribution in [0.15, 0.2) is 29.2 Å². The van der Waals surface area contributed by atoms with Crippen LogP contribution < -0.4 is 5.32 Å². The van der Waals surface area contributed by atoms with Gasteiger partial charge < -0.3 is 10.1 Å². The third-order valence-corrected chi connectivity index (χ3v) is 6.35. The lowest BCUT2D eigenvalue weighted by Crippen LogP contribution is -2.19.